The molecule has 3 heteroatoms. The lowest BCUT2D eigenvalue weighted by Gasteiger charge is -2.25. The van der Waals surface area contributed by atoms with Gasteiger partial charge in [0.1, 0.15) is 0 Å². The smallest absolute Gasteiger partial charge is 0.152 e. The third-order valence-electron chi connectivity index (χ3n) is 3.71. The number of aliphatic hydroxyl groups is 1. The second-order valence-electron chi connectivity index (χ2n) is 5.52. The van der Waals surface area contributed by atoms with Crippen molar-refractivity contribution in [2.75, 3.05) is 18.0 Å². The van der Waals surface area contributed by atoms with Gasteiger partial charge in [0.2, 0.25) is 0 Å². The summed E-state index contributed by atoms with van der Waals surface area (Å²) >= 11 is 0. The Morgan fingerprint density at radius 1 is 1.33 bits per heavy atom. The zero-order chi connectivity index (χ0) is 13.2. The van der Waals surface area contributed by atoms with Gasteiger partial charge < -0.3 is 10.0 Å². The summed E-state index contributed by atoms with van der Waals surface area (Å²) in [5.74, 6) is 0. The summed E-state index contributed by atoms with van der Waals surface area (Å²) in [6, 6.07) is 5.97. The summed E-state index contributed by atoms with van der Waals surface area (Å²) in [6.07, 6.45) is 3.45. The average molecular weight is 247 g/mol. The summed E-state index contributed by atoms with van der Waals surface area (Å²) in [5.41, 5.74) is 2.27. The van der Waals surface area contributed by atoms with E-state index in [1.807, 2.05) is 32.0 Å². The molecule has 1 aliphatic rings. The molecule has 1 aromatic carbocycles. The van der Waals surface area contributed by atoms with Crippen LogP contribution in [-0.4, -0.2) is 30.1 Å². The van der Waals surface area contributed by atoms with Gasteiger partial charge in [-0.05, 0) is 45.2 Å². The second kappa shape index (κ2) is 5.11. The van der Waals surface area contributed by atoms with Crippen LogP contribution >= 0.6 is 0 Å². The van der Waals surface area contributed by atoms with Crippen LogP contribution in [0.1, 0.15) is 42.1 Å². The van der Waals surface area contributed by atoms with E-state index < -0.39 is 5.60 Å². The number of carbonyl (C=O) groups is 1. The molecule has 1 N–H and O–H groups in total. The Morgan fingerprint density at radius 3 is 2.83 bits per heavy atom. The first-order valence-corrected chi connectivity index (χ1v) is 6.55. The highest BCUT2D eigenvalue weighted by Crippen LogP contribution is 2.27. The quantitative estimate of drug-likeness (QED) is 0.816. The molecular weight excluding hydrogens is 226 g/mol. The molecule has 1 heterocycles. The van der Waals surface area contributed by atoms with Crippen LogP contribution in [0.15, 0.2) is 18.2 Å². The van der Waals surface area contributed by atoms with Gasteiger partial charge in [-0.15, -0.1) is 0 Å². The van der Waals surface area contributed by atoms with E-state index in [4.69, 9.17) is 0 Å². The molecule has 3 nitrogen and oxygen atoms in total. The van der Waals surface area contributed by atoms with Crippen LogP contribution in [0.5, 0.6) is 0 Å². The SMILES string of the molecule is Cc1ccc(N2CCCC(C)(O)CC2)c(C=O)c1. The molecule has 2 rings (SSSR count). The highest BCUT2D eigenvalue weighted by molar-refractivity contribution is 5.85. The minimum absolute atomic E-state index is 0.569. The zero-order valence-corrected chi connectivity index (χ0v) is 11.1. The van der Waals surface area contributed by atoms with Crippen molar-refractivity contribution in [2.45, 2.75) is 38.7 Å². The Hall–Kier alpha value is -1.35. The third-order valence-corrected chi connectivity index (χ3v) is 3.71. The topological polar surface area (TPSA) is 40.5 Å². The Labute approximate surface area is 108 Å². The maximum atomic E-state index is 11.2. The average Bonchev–Trinajstić information content (AvgIpc) is 2.50. The molecule has 1 aromatic rings. The van der Waals surface area contributed by atoms with Crippen LogP contribution in [0.25, 0.3) is 0 Å². The van der Waals surface area contributed by atoms with Crippen molar-refractivity contribution >= 4 is 12.0 Å². The number of benzene rings is 1. The van der Waals surface area contributed by atoms with Crippen molar-refractivity contribution in [1.29, 1.82) is 0 Å². The maximum absolute atomic E-state index is 11.2. The minimum atomic E-state index is -0.569. The van der Waals surface area contributed by atoms with Gasteiger partial charge in [-0.2, -0.15) is 0 Å². The largest absolute Gasteiger partial charge is 0.390 e. The summed E-state index contributed by atoms with van der Waals surface area (Å²) in [5, 5.41) is 10.1. The van der Waals surface area contributed by atoms with E-state index in [0.717, 1.165) is 55.5 Å². The summed E-state index contributed by atoms with van der Waals surface area (Å²) in [7, 11) is 0. The number of aldehydes is 1. The molecule has 1 aliphatic heterocycles. The number of aryl methyl sites for hydroxylation is 1. The van der Waals surface area contributed by atoms with Crippen LogP contribution in [-0.2, 0) is 0 Å². The molecule has 1 fully saturated rings. The van der Waals surface area contributed by atoms with E-state index >= 15 is 0 Å². The molecule has 0 aromatic heterocycles. The lowest BCUT2D eigenvalue weighted by molar-refractivity contribution is 0.0481. The van der Waals surface area contributed by atoms with Crippen molar-refractivity contribution in [3.8, 4) is 0 Å². The summed E-state index contributed by atoms with van der Waals surface area (Å²) in [4.78, 5) is 13.4. The van der Waals surface area contributed by atoms with Crippen molar-refractivity contribution in [2.24, 2.45) is 0 Å². The highest BCUT2D eigenvalue weighted by Gasteiger charge is 2.25. The summed E-state index contributed by atoms with van der Waals surface area (Å²) < 4.78 is 0. The van der Waals surface area contributed by atoms with E-state index in [1.165, 1.54) is 0 Å². The lowest BCUT2D eigenvalue weighted by Crippen LogP contribution is -2.28. The first kappa shape index (κ1) is 13.1. The molecule has 1 atom stereocenters. The van der Waals surface area contributed by atoms with E-state index in [1.54, 1.807) is 0 Å². The van der Waals surface area contributed by atoms with E-state index in [0.29, 0.717) is 0 Å². The zero-order valence-electron chi connectivity index (χ0n) is 11.1. The molecule has 1 saturated heterocycles. The fourth-order valence-electron chi connectivity index (χ4n) is 2.56. The van der Waals surface area contributed by atoms with E-state index in [-0.39, 0.29) is 0 Å². The van der Waals surface area contributed by atoms with Crippen LogP contribution in [0.2, 0.25) is 0 Å². The van der Waals surface area contributed by atoms with Gasteiger partial charge in [-0.1, -0.05) is 11.6 Å². The molecule has 0 saturated carbocycles. The Morgan fingerprint density at radius 2 is 2.11 bits per heavy atom. The number of rotatable bonds is 2. The standard InChI is InChI=1S/C15H21NO2/c1-12-4-5-14(13(10-12)11-17)16-8-3-6-15(2,18)7-9-16/h4-5,10-11,18H,3,6-9H2,1-2H3. The number of nitrogens with zero attached hydrogens (tertiary/aromatic N) is 1. The van der Waals surface area contributed by atoms with Gasteiger partial charge >= 0.3 is 0 Å². The van der Waals surface area contributed by atoms with Crippen molar-refractivity contribution in [3.05, 3.63) is 29.3 Å². The summed E-state index contributed by atoms with van der Waals surface area (Å²) in [6.45, 7) is 5.59. The monoisotopic (exact) mass is 247 g/mol. The predicted octanol–water partition coefficient (Wildman–Crippen LogP) is 2.55. The number of hydrogen-bond donors (Lipinski definition) is 1. The molecule has 0 bridgehead atoms. The molecule has 98 valence electrons. The predicted molar refractivity (Wildman–Crippen MR) is 73.3 cm³/mol. The van der Waals surface area contributed by atoms with Crippen molar-refractivity contribution in [1.82, 2.24) is 0 Å². The van der Waals surface area contributed by atoms with Gasteiger partial charge in [0.15, 0.2) is 6.29 Å². The van der Waals surface area contributed by atoms with Gasteiger partial charge in [-0.3, -0.25) is 4.79 Å². The maximum Gasteiger partial charge on any atom is 0.152 e. The van der Waals surface area contributed by atoms with Crippen LogP contribution in [0, 0.1) is 6.92 Å². The highest BCUT2D eigenvalue weighted by atomic mass is 16.3. The fourth-order valence-corrected chi connectivity index (χ4v) is 2.56. The number of carbonyl (C=O) groups excluding carboxylic acids is 1. The van der Waals surface area contributed by atoms with Crippen LogP contribution in [0.3, 0.4) is 0 Å². The Balaban J connectivity index is 2.23. The number of hydrogen-bond acceptors (Lipinski definition) is 3. The number of anilines is 1. The Bertz CT molecular complexity index is 440. The first-order chi connectivity index (χ1) is 8.52. The Kier molecular flexibility index (Phi) is 3.71. The second-order valence-corrected chi connectivity index (χ2v) is 5.52. The molecule has 0 amide bonds. The van der Waals surface area contributed by atoms with E-state index in [2.05, 4.69) is 4.90 Å². The van der Waals surface area contributed by atoms with Gasteiger partial charge in [0.25, 0.3) is 0 Å². The molecular formula is C15H21NO2. The van der Waals surface area contributed by atoms with Crippen molar-refractivity contribution < 1.29 is 9.90 Å². The molecule has 18 heavy (non-hydrogen) atoms. The van der Waals surface area contributed by atoms with Crippen LogP contribution in [0.4, 0.5) is 5.69 Å². The van der Waals surface area contributed by atoms with Crippen LogP contribution < -0.4 is 4.90 Å². The van der Waals surface area contributed by atoms with Crippen molar-refractivity contribution in [3.63, 3.8) is 0 Å². The molecule has 0 aliphatic carbocycles. The molecule has 0 radical (unpaired) electrons. The minimum Gasteiger partial charge on any atom is -0.390 e. The van der Waals surface area contributed by atoms with Gasteiger partial charge in [-0.25, -0.2) is 0 Å². The van der Waals surface area contributed by atoms with Gasteiger partial charge in [0, 0.05) is 24.3 Å². The normalized spacial score (nSPS) is 24.7. The third kappa shape index (κ3) is 2.91. The van der Waals surface area contributed by atoms with E-state index in [9.17, 15) is 9.90 Å². The lowest BCUT2D eigenvalue weighted by atomic mass is 9.98. The molecule has 0 spiro atoms. The first-order valence-electron chi connectivity index (χ1n) is 6.55. The fraction of sp³-hybridized carbons (Fsp3) is 0.533. The van der Waals surface area contributed by atoms with Gasteiger partial charge in [0.05, 0.1) is 5.60 Å². The molecule has 1 unspecified atom stereocenters.